The third-order valence-electron chi connectivity index (χ3n) is 3.60. The molecule has 2 nitrogen and oxygen atoms in total. The topological polar surface area (TPSA) is 33.1 Å². The highest BCUT2D eigenvalue weighted by Crippen LogP contribution is 2.19. The van der Waals surface area contributed by atoms with Gasteiger partial charge in [0.2, 0.25) is 0 Å². The van der Waals surface area contributed by atoms with Crippen LogP contribution in [0.15, 0.2) is 54.6 Å². The van der Waals surface area contributed by atoms with Crippen molar-refractivity contribution < 1.29 is 5.11 Å². The van der Waals surface area contributed by atoms with Crippen LogP contribution in [-0.2, 0) is 6.42 Å². The van der Waals surface area contributed by atoms with Gasteiger partial charge >= 0.3 is 0 Å². The summed E-state index contributed by atoms with van der Waals surface area (Å²) >= 11 is 6.02. The molecule has 0 aliphatic carbocycles. The van der Waals surface area contributed by atoms with Gasteiger partial charge in [0.05, 0.1) is 17.3 Å². The van der Waals surface area contributed by atoms with E-state index in [1.165, 1.54) is 0 Å². The monoisotopic (exact) mass is 323 g/mol. The Morgan fingerprint density at radius 2 is 1.91 bits per heavy atom. The van der Waals surface area contributed by atoms with Gasteiger partial charge in [0.15, 0.2) is 0 Å². The molecular weight excluding hydrogens is 306 g/mol. The fraction of sp³-hybridized carbons (Fsp3) is 0.150. The molecule has 0 saturated carbocycles. The molecule has 3 heteroatoms. The number of pyridine rings is 1. The number of aliphatic hydroxyl groups excluding tert-OH is 1. The van der Waals surface area contributed by atoms with E-state index >= 15 is 0 Å². The van der Waals surface area contributed by atoms with Crippen molar-refractivity contribution in [3.05, 3.63) is 76.4 Å². The van der Waals surface area contributed by atoms with Crippen LogP contribution < -0.4 is 0 Å². The number of hydrogen-bond acceptors (Lipinski definition) is 2. The van der Waals surface area contributed by atoms with Gasteiger partial charge in [0.25, 0.3) is 0 Å². The first-order valence-corrected chi connectivity index (χ1v) is 7.99. The van der Waals surface area contributed by atoms with Crippen LogP contribution >= 0.6 is 11.6 Å². The first-order chi connectivity index (χ1) is 11.1. The highest BCUT2D eigenvalue weighted by atomic mass is 35.5. The van der Waals surface area contributed by atoms with E-state index in [4.69, 9.17) is 11.6 Å². The smallest absolute Gasteiger partial charge is 0.0724 e. The van der Waals surface area contributed by atoms with E-state index < -0.39 is 0 Å². The minimum atomic E-state index is -0.332. The molecule has 3 aromatic rings. The minimum Gasteiger partial charge on any atom is -0.393 e. The van der Waals surface area contributed by atoms with Crippen molar-refractivity contribution in [3.63, 3.8) is 0 Å². The molecule has 0 aliphatic heterocycles. The average molecular weight is 324 g/mol. The molecule has 0 fully saturated rings. The molecule has 0 radical (unpaired) electrons. The van der Waals surface area contributed by atoms with E-state index in [9.17, 15) is 5.11 Å². The predicted molar refractivity (Wildman–Crippen MR) is 97.5 cm³/mol. The normalized spacial score (nSPS) is 12.8. The maximum atomic E-state index is 9.49. The van der Waals surface area contributed by atoms with Crippen LogP contribution in [0.25, 0.3) is 23.1 Å². The SMILES string of the molecule is CC(O)Cc1cccc(/C=C/c2ccc3ccc(Cl)cc3n2)c1. The molecule has 0 amide bonds. The van der Waals surface area contributed by atoms with Crippen LogP contribution in [0, 0.1) is 0 Å². The second kappa shape index (κ2) is 6.95. The third kappa shape index (κ3) is 4.19. The number of nitrogens with zero attached hydrogens (tertiary/aromatic N) is 1. The molecule has 1 N–H and O–H groups in total. The zero-order valence-electron chi connectivity index (χ0n) is 12.9. The van der Waals surface area contributed by atoms with E-state index in [-0.39, 0.29) is 6.10 Å². The Balaban J connectivity index is 1.84. The van der Waals surface area contributed by atoms with Gasteiger partial charge in [-0.2, -0.15) is 0 Å². The summed E-state index contributed by atoms with van der Waals surface area (Å²) in [5.41, 5.74) is 4.00. The van der Waals surface area contributed by atoms with E-state index in [1.54, 1.807) is 6.92 Å². The summed E-state index contributed by atoms with van der Waals surface area (Å²) < 4.78 is 0. The van der Waals surface area contributed by atoms with Gasteiger partial charge in [-0.3, -0.25) is 0 Å². The summed E-state index contributed by atoms with van der Waals surface area (Å²) in [5.74, 6) is 0. The molecule has 0 spiro atoms. The summed E-state index contributed by atoms with van der Waals surface area (Å²) in [6, 6.07) is 17.9. The van der Waals surface area contributed by atoms with Gasteiger partial charge < -0.3 is 5.11 Å². The lowest BCUT2D eigenvalue weighted by molar-refractivity contribution is 0.195. The molecule has 2 aromatic carbocycles. The second-order valence-corrected chi connectivity index (χ2v) is 6.14. The van der Waals surface area contributed by atoms with E-state index in [0.717, 1.165) is 27.7 Å². The summed E-state index contributed by atoms with van der Waals surface area (Å²) in [4.78, 5) is 4.61. The Morgan fingerprint density at radius 1 is 1.09 bits per heavy atom. The highest BCUT2D eigenvalue weighted by Gasteiger charge is 2.00. The zero-order valence-corrected chi connectivity index (χ0v) is 13.7. The molecule has 1 atom stereocenters. The van der Waals surface area contributed by atoms with E-state index in [0.29, 0.717) is 11.4 Å². The quantitative estimate of drug-likeness (QED) is 0.734. The number of halogens is 1. The van der Waals surface area contributed by atoms with E-state index in [1.807, 2.05) is 60.7 Å². The lowest BCUT2D eigenvalue weighted by atomic mass is 10.1. The average Bonchev–Trinajstić information content (AvgIpc) is 2.52. The van der Waals surface area contributed by atoms with E-state index in [2.05, 4.69) is 11.1 Å². The Bertz CT molecular complexity index is 855. The van der Waals surface area contributed by atoms with Crippen molar-refractivity contribution in [1.82, 2.24) is 4.98 Å². The largest absolute Gasteiger partial charge is 0.393 e. The fourth-order valence-electron chi connectivity index (χ4n) is 2.55. The predicted octanol–water partition coefficient (Wildman–Crippen LogP) is 4.98. The van der Waals surface area contributed by atoms with Crippen molar-refractivity contribution in [1.29, 1.82) is 0 Å². The van der Waals surface area contributed by atoms with Gasteiger partial charge in [0.1, 0.15) is 0 Å². The van der Waals surface area contributed by atoms with Crippen molar-refractivity contribution in [2.45, 2.75) is 19.4 Å². The van der Waals surface area contributed by atoms with Crippen LogP contribution in [0.2, 0.25) is 5.02 Å². The highest BCUT2D eigenvalue weighted by molar-refractivity contribution is 6.31. The van der Waals surface area contributed by atoms with Gasteiger partial charge in [-0.15, -0.1) is 0 Å². The second-order valence-electron chi connectivity index (χ2n) is 5.70. The Labute approximate surface area is 141 Å². The minimum absolute atomic E-state index is 0.332. The first-order valence-electron chi connectivity index (χ1n) is 7.61. The van der Waals surface area contributed by atoms with Crippen molar-refractivity contribution in [2.24, 2.45) is 0 Å². The van der Waals surface area contributed by atoms with Crippen LogP contribution in [-0.4, -0.2) is 16.2 Å². The standard InChI is InChI=1S/C20H18ClNO/c1-14(23)11-16-4-2-3-15(12-16)5-9-19-10-7-17-6-8-18(21)13-20(17)22-19/h2-10,12-14,23H,11H2,1H3/b9-5+. The first kappa shape index (κ1) is 15.7. The third-order valence-corrected chi connectivity index (χ3v) is 3.84. The summed E-state index contributed by atoms with van der Waals surface area (Å²) in [7, 11) is 0. The van der Waals surface area contributed by atoms with Crippen molar-refractivity contribution >= 4 is 34.7 Å². The molecule has 0 bridgehead atoms. The summed E-state index contributed by atoms with van der Waals surface area (Å²) in [6.45, 7) is 1.80. The van der Waals surface area contributed by atoms with Gasteiger partial charge in [-0.1, -0.05) is 54.1 Å². The van der Waals surface area contributed by atoms with Crippen LogP contribution in [0.5, 0.6) is 0 Å². The molecule has 1 unspecified atom stereocenters. The molecule has 3 rings (SSSR count). The zero-order chi connectivity index (χ0) is 16.2. The molecule has 0 aliphatic rings. The Morgan fingerprint density at radius 3 is 2.74 bits per heavy atom. The van der Waals surface area contributed by atoms with Crippen molar-refractivity contribution in [2.75, 3.05) is 0 Å². The van der Waals surface area contributed by atoms with Crippen LogP contribution in [0.3, 0.4) is 0 Å². The molecule has 23 heavy (non-hydrogen) atoms. The lowest BCUT2D eigenvalue weighted by Crippen LogP contribution is -2.03. The van der Waals surface area contributed by atoms with Crippen LogP contribution in [0.4, 0.5) is 0 Å². The van der Waals surface area contributed by atoms with Crippen LogP contribution in [0.1, 0.15) is 23.7 Å². The molecular formula is C20H18ClNO. The number of hydrogen-bond donors (Lipinski definition) is 1. The maximum absolute atomic E-state index is 9.49. The maximum Gasteiger partial charge on any atom is 0.0724 e. The lowest BCUT2D eigenvalue weighted by Gasteiger charge is -2.05. The molecule has 1 aromatic heterocycles. The van der Waals surface area contributed by atoms with Crippen molar-refractivity contribution in [3.8, 4) is 0 Å². The number of aliphatic hydroxyl groups is 1. The molecule has 116 valence electrons. The number of fused-ring (bicyclic) bond motifs is 1. The Kier molecular flexibility index (Phi) is 4.75. The summed E-state index contributed by atoms with van der Waals surface area (Å²) in [6.07, 6.45) is 4.35. The Hall–Kier alpha value is -2.16. The van der Waals surface area contributed by atoms with Gasteiger partial charge in [-0.05, 0) is 48.7 Å². The fourth-order valence-corrected chi connectivity index (χ4v) is 2.71. The van der Waals surface area contributed by atoms with Gasteiger partial charge in [0, 0.05) is 10.4 Å². The molecule has 1 heterocycles. The van der Waals surface area contributed by atoms with Gasteiger partial charge in [-0.25, -0.2) is 4.98 Å². The number of rotatable bonds is 4. The summed E-state index contributed by atoms with van der Waals surface area (Å²) in [5, 5.41) is 11.3. The number of aromatic nitrogens is 1. The molecule has 0 saturated heterocycles. The number of benzene rings is 2.